The number of nitrogen functional groups attached to an aromatic ring is 1. The average Bonchev–Trinajstić information content (AvgIpc) is 2.32. The fourth-order valence-electron chi connectivity index (χ4n) is 2.24. The molecular formula is C13H18N2O2. The average molecular weight is 234 g/mol. The van der Waals surface area contributed by atoms with E-state index in [-0.39, 0.29) is 17.7 Å². The van der Waals surface area contributed by atoms with Crippen LogP contribution in [0.5, 0.6) is 5.75 Å². The summed E-state index contributed by atoms with van der Waals surface area (Å²) >= 11 is 0. The zero-order valence-corrected chi connectivity index (χ0v) is 10.0. The Morgan fingerprint density at radius 3 is 2.88 bits per heavy atom. The highest BCUT2D eigenvalue weighted by Gasteiger charge is 2.24. The Kier molecular flexibility index (Phi) is 3.22. The maximum Gasteiger partial charge on any atom is 0.254 e. The SMILES string of the molecule is CC1CCCCN1C(=O)c1ccc(N)c(O)c1. The van der Waals surface area contributed by atoms with Gasteiger partial charge in [0, 0.05) is 18.2 Å². The minimum Gasteiger partial charge on any atom is -0.506 e. The quantitative estimate of drug-likeness (QED) is 0.577. The van der Waals surface area contributed by atoms with Gasteiger partial charge in [0.05, 0.1) is 5.69 Å². The second-order valence-corrected chi connectivity index (χ2v) is 4.62. The lowest BCUT2D eigenvalue weighted by Crippen LogP contribution is -2.42. The number of hydrogen-bond donors (Lipinski definition) is 2. The Hall–Kier alpha value is -1.71. The van der Waals surface area contributed by atoms with Gasteiger partial charge in [0.1, 0.15) is 5.75 Å². The van der Waals surface area contributed by atoms with Crippen molar-refractivity contribution in [1.82, 2.24) is 4.90 Å². The van der Waals surface area contributed by atoms with Gasteiger partial charge in [0.25, 0.3) is 5.91 Å². The number of phenols is 1. The molecule has 1 saturated heterocycles. The van der Waals surface area contributed by atoms with E-state index >= 15 is 0 Å². The van der Waals surface area contributed by atoms with Crippen LogP contribution in [0.2, 0.25) is 0 Å². The van der Waals surface area contributed by atoms with Gasteiger partial charge in [-0.1, -0.05) is 0 Å². The fraction of sp³-hybridized carbons (Fsp3) is 0.462. The van der Waals surface area contributed by atoms with Gasteiger partial charge in [0.2, 0.25) is 0 Å². The summed E-state index contributed by atoms with van der Waals surface area (Å²) in [4.78, 5) is 14.1. The van der Waals surface area contributed by atoms with Crippen LogP contribution in [0.25, 0.3) is 0 Å². The molecule has 2 rings (SSSR count). The van der Waals surface area contributed by atoms with Crippen LogP contribution < -0.4 is 5.73 Å². The summed E-state index contributed by atoms with van der Waals surface area (Å²) in [6.45, 7) is 2.86. The summed E-state index contributed by atoms with van der Waals surface area (Å²) in [6.07, 6.45) is 3.28. The summed E-state index contributed by atoms with van der Waals surface area (Å²) in [7, 11) is 0. The van der Waals surface area contributed by atoms with Gasteiger partial charge in [-0.3, -0.25) is 4.79 Å². The lowest BCUT2D eigenvalue weighted by atomic mass is 10.0. The molecule has 1 aromatic carbocycles. The Morgan fingerprint density at radius 1 is 1.47 bits per heavy atom. The van der Waals surface area contributed by atoms with E-state index in [0.29, 0.717) is 11.3 Å². The van der Waals surface area contributed by atoms with E-state index in [1.165, 1.54) is 12.5 Å². The van der Waals surface area contributed by atoms with Crippen molar-refractivity contribution in [2.75, 3.05) is 12.3 Å². The third kappa shape index (κ3) is 2.35. The number of rotatable bonds is 1. The lowest BCUT2D eigenvalue weighted by Gasteiger charge is -2.33. The number of hydrogen-bond acceptors (Lipinski definition) is 3. The first kappa shape index (κ1) is 11.8. The number of likely N-dealkylation sites (tertiary alicyclic amines) is 1. The molecule has 1 amide bonds. The number of carbonyl (C=O) groups excluding carboxylic acids is 1. The number of benzene rings is 1. The second kappa shape index (κ2) is 4.65. The van der Waals surface area contributed by atoms with Gasteiger partial charge in [-0.05, 0) is 44.4 Å². The van der Waals surface area contributed by atoms with E-state index in [4.69, 9.17) is 5.73 Å². The molecule has 0 aliphatic carbocycles. The third-order valence-corrected chi connectivity index (χ3v) is 3.34. The van der Waals surface area contributed by atoms with Crippen LogP contribution in [0, 0.1) is 0 Å². The van der Waals surface area contributed by atoms with E-state index in [2.05, 4.69) is 6.92 Å². The molecule has 0 bridgehead atoms. The van der Waals surface area contributed by atoms with Crippen LogP contribution in [0.1, 0.15) is 36.5 Å². The summed E-state index contributed by atoms with van der Waals surface area (Å²) < 4.78 is 0. The number of piperidine rings is 1. The smallest absolute Gasteiger partial charge is 0.254 e. The Morgan fingerprint density at radius 2 is 2.24 bits per heavy atom. The molecule has 92 valence electrons. The molecule has 1 unspecified atom stereocenters. The van der Waals surface area contributed by atoms with Crippen molar-refractivity contribution in [3.8, 4) is 5.75 Å². The van der Waals surface area contributed by atoms with Crippen molar-refractivity contribution in [3.63, 3.8) is 0 Å². The van der Waals surface area contributed by atoms with Gasteiger partial charge >= 0.3 is 0 Å². The van der Waals surface area contributed by atoms with Gasteiger partial charge < -0.3 is 15.7 Å². The number of nitrogens with zero attached hydrogens (tertiary/aromatic N) is 1. The molecule has 17 heavy (non-hydrogen) atoms. The number of anilines is 1. The highest BCUT2D eigenvalue weighted by molar-refractivity contribution is 5.95. The van der Waals surface area contributed by atoms with Crippen molar-refractivity contribution in [3.05, 3.63) is 23.8 Å². The molecule has 1 fully saturated rings. The molecular weight excluding hydrogens is 216 g/mol. The number of aromatic hydroxyl groups is 1. The maximum absolute atomic E-state index is 12.2. The van der Waals surface area contributed by atoms with Crippen molar-refractivity contribution >= 4 is 11.6 Å². The highest BCUT2D eigenvalue weighted by Crippen LogP contribution is 2.24. The van der Waals surface area contributed by atoms with Gasteiger partial charge in [-0.2, -0.15) is 0 Å². The van der Waals surface area contributed by atoms with Crippen LogP contribution in [-0.4, -0.2) is 28.5 Å². The molecule has 3 N–H and O–H groups in total. The first-order valence-corrected chi connectivity index (χ1v) is 5.99. The van der Waals surface area contributed by atoms with Crippen molar-refractivity contribution < 1.29 is 9.90 Å². The highest BCUT2D eigenvalue weighted by atomic mass is 16.3. The van der Waals surface area contributed by atoms with E-state index in [9.17, 15) is 9.90 Å². The van der Waals surface area contributed by atoms with Gasteiger partial charge in [0.15, 0.2) is 0 Å². The molecule has 0 aromatic heterocycles. The van der Waals surface area contributed by atoms with Crippen LogP contribution in [0.4, 0.5) is 5.69 Å². The van der Waals surface area contributed by atoms with E-state index in [1.54, 1.807) is 12.1 Å². The predicted octanol–water partition coefficient (Wildman–Crippen LogP) is 1.99. The third-order valence-electron chi connectivity index (χ3n) is 3.34. The van der Waals surface area contributed by atoms with E-state index in [0.717, 1.165) is 19.4 Å². The maximum atomic E-state index is 12.2. The van der Waals surface area contributed by atoms with Gasteiger partial charge in [-0.15, -0.1) is 0 Å². The van der Waals surface area contributed by atoms with Gasteiger partial charge in [-0.25, -0.2) is 0 Å². The topological polar surface area (TPSA) is 66.6 Å². The zero-order chi connectivity index (χ0) is 12.4. The van der Waals surface area contributed by atoms with Crippen LogP contribution in [-0.2, 0) is 0 Å². The van der Waals surface area contributed by atoms with Crippen molar-refractivity contribution in [1.29, 1.82) is 0 Å². The first-order valence-electron chi connectivity index (χ1n) is 5.99. The monoisotopic (exact) mass is 234 g/mol. The number of carbonyl (C=O) groups is 1. The summed E-state index contributed by atoms with van der Waals surface area (Å²) in [5.41, 5.74) is 6.32. The number of phenolic OH excluding ortho intramolecular Hbond substituents is 1. The summed E-state index contributed by atoms with van der Waals surface area (Å²) in [5, 5.41) is 9.52. The molecule has 4 heteroatoms. The molecule has 0 radical (unpaired) electrons. The summed E-state index contributed by atoms with van der Waals surface area (Å²) in [6, 6.07) is 4.95. The predicted molar refractivity (Wildman–Crippen MR) is 66.9 cm³/mol. The molecule has 4 nitrogen and oxygen atoms in total. The second-order valence-electron chi connectivity index (χ2n) is 4.62. The lowest BCUT2D eigenvalue weighted by molar-refractivity contribution is 0.0635. The Bertz CT molecular complexity index is 431. The van der Waals surface area contributed by atoms with E-state index < -0.39 is 0 Å². The van der Waals surface area contributed by atoms with Crippen molar-refractivity contribution in [2.24, 2.45) is 0 Å². The Balaban J connectivity index is 2.21. The van der Waals surface area contributed by atoms with E-state index in [1.807, 2.05) is 4.90 Å². The molecule has 1 heterocycles. The number of nitrogens with two attached hydrogens (primary N) is 1. The first-order chi connectivity index (χ1) is 8.09. The minimum atomic E-state index is -0.0273. The molecule has 1 atom stereocenters. The largest absolute Gasteiger partial charge is 0.506 e. The molecule has 1 aliphatic rings. The van der Waals surface area contributed by atoms with Crippen molar-refractivity contribution in [2.45, 2.75) is 32.2 Å². The molecule has 1 aliphatic heterocycles. The molecule has 0 spiro atoms. The minimum absolute atomic E-state index is 0.0208. The van der Waals surface area contributed by atoms with Crippen LogP contribution in [0.15, 0.2) is 18.2 Å². The standard InChI is InChI=1S/C13H18N2O2/c1-9-4-2-3-7-15(9)13(17)10-5-6-11(14)12(16)8-10/h5-6,8-9,16H,2-4,7,14H2,1H3. The Labute approximate surface area is 101 Å². The molecule has 1 aromatic rings. The van der Waals surface area contributed by atoms with Crippen LogP contribution in [0.3, 0.4) is 0 Å². The van der Waals surface area contributed by atoms with Crippen LogP contribution >= 0.6 is 0 Å². The summed E-state index contributed by atoms with van der Waals surface area (Å²) in [5.74, 6) is -0.0481. The fourth-order valence-corrected chi connectivity index (χ4v) is 2.24. The molecule has 0 saturated carbocycles. The number of amides is 1. The zero-order valence-electron chi connectivity index (χ0n) is 10.0. The normalized spacial score (nSPS) is 20.3.